The molecule has 0 amide bonds. The number of unbranched alkanes of at least 4 members (excludes halogenated alkanes) is 1. The van der Waals surface area contributed by atoms with Gasteiger partial charge in [-0.1, -0.05) is 26.7 Å². The predicted molar refractivity (Wildman–Crippen MR) is 72.6 cm³/mol. The van der Waals surface area contributed by atoms with Gasteiger partial charge in [-0.3, -0.25) is 4.79 Å². The molecule has 0 aromatic heterocycles. The Bertz CT molecular complexity index is 303. The maximum Gasteiger partial charge on any atom is 0.135 e. The summed E-state index contributed by atoms with van der Waals surface area (Å²) in [6, 6.07) is 0. The van der Waals surface area contributed by atoms with Crippen LogP contribution < -0.4 is 0 Å². The molecule has 5 atom stereocenters. The van der Waals surface area contributed by atoms with E-state index in [9.17, 15) is 19.8 Å². The molecule has 1 fully saturated rings. The van der Waals surface area contributed by atoms with Gasteiger partial charge in [0.2, 0.25) is 0 Å². The van der Waals surface area contributed by atoms with Gasteiger partial charge in [-0.05, 0) is 18.8 Å². The number of rotatable bonds is 8. The first-order valence-electron chi connectivity index (χ1n) is 7.35. The van der Waals surface area contributed by atoms with Crippen molar-refractivity contribution in [1.29, 1.82) is 0 Å². The zero-order valence-electron chi connectivity index (χ0n) is 11.9. The van der Waals surface area contributed by atoms with Crippen LogP contribution in [0.4, 0.5) is 0 Å². The van der Waals surface area contributed by atoms with E-state index in [2.05, 4.69) is 6.92 Å². The minimum Gasteiger partial charge on any atom is -0.393 e. The molecule has 110 valence electrons. The predicted octanol–water partition coefficient (Wildman–Crippen LogP) is 1.72. The number of carbonyl (C=O) groups is 2. The molecule has 0 heterocycles. The second-order valence-electron chi connectivity index (χ2n) is 5.80. The van der Waals surface area contributed by atoms with Gasteiger partial charge in [0.1, 0.15) is 12.1 Å². The van der Waals surface area contributed by atoms with Crippen LogP contribution in [0.25, 0.3) is 0 Å². The Morgan fingerprint density at radius 3 is 2.63 bits per heavy atom. The SMILES string of the molecule is CCCCC(C)C(=O)CCC1C(O)CC(O)C1C=O. The molecule has 1 aliphatic rings. The van der Waals surface area contributed by atoms with Gasteiger partial charge in [-0.2, -0.15) is 0 Å². The normalized spacial score (nSPS) is 32.2. The third-order valence-corrected chi connectivity index (χ3v) is 4.34. The lowest BCUT2D eigenvalue weighted by atomic mass is 9.87. The molecule has 0 radical (unpaired) electrons. The number of hydrogen-bond donors (Lipinski definition) is 2. The third kappa shape index (κ3) is 4.39. The smallest absolute Gasteiger partial charge is 0.135 e. The highest BCUT2D eigenvalue weighted by Crippen LogP contribution is 2.34. The Kier molecular flexibility index (Phi) is 6.66. The largest absolute Gasteiger partial charge is 0.393 e. The highest BCUT2D eigenvalue weighted by atomic mass is 16.3. The van der Waals surface area contributed by atoms with E-state index in [1.165, 1.54) is 0 Å². The molecular weight excluding hydrogens is 244 g/mol. The van der Waals surface area contributed by atoms with E-state index in [1.54, 1.807) is 0 Å². The summed E-state index contributed by atoms with van der Waals surface area (Å²) in [4.78, 5) is 22.9. The maximum absolute atomic E-state index is 12.0. The molecule has 0 spiro atoms. The summed E-state index contributed by atoms with van der Waals surface area (Å²) in [6.07, 6.45) is 3.47. The second kappa shape index (κ2) is 7.75. The van der Waals surface area contributed by atoms with Gasteiger partial charge in [-0.15, -0.1) is 0 Å². The van der Waals surface area contributed by atoms with E-state index in [0.29, 0.717) is 12.8 Å². The van der Waals surface area contributed by atoms with Crippen LogP contribution in [0, 0.1) is 17.8 Å². The number of ketones is 1. The van der Waals surface area contributed by atoms with Gasteiger partial charge in [0.05, 0.1) is 12.2 Å². The average molecular weight is 270 g/mol. The second-order valence-corrected chi connectivity index (χ2v) is 5.80. The highest BCUT2D eigenvalue weighted by Gasteiger charge is 2.41. The number of carbonyl (C=O) groups excluding carboxylic acids is 2. The van der Waals surface area contributed by atoms with Crippen molar-refractivity contribution >= 4 is 12.1 Å². The molecule has 1 saturated carbocycles. The van der Waals surface area contributed by atoms with E-state index < -0.39 is 18.1 Å². The van der Waals surface area contributed by atoms with Crippen LogP contribution in [0.5, 0.6) is 0 Å². The minimum atomic E-state index is -0.759. The lowest BCUT2D eigenvalue weighted by Crippen LogP contribution is -2.25. The van der Waals surface area contributed by atoms with Crippen LogP contribution in [0.3, 0.4) is 0 Å². The Morgan fingerprint density at radius 2 is 2.05 bits per heavy atom. The lowest BCUT2D eigenvalue weighted by Gasteiger charge is -2.19. The number of aliphatic hydroxyl groups is 2. The Hall–Kier alpha value is -0.740. The maximum atomic E-state index is 12.0. The fourth-order valence-electron chi connectivity index (χ4n) is 2.92. The molecule has 19 heavy (non-hydrogen) atoms. The molecule has 0 aliphatic heterocycles. The van der Waals surface area contributed by atoms with Crippen molar-refractivity contribution in [3.63, 3.8) is 0 Å². The standard InChI is InChI=1S/C15H26O4/c1-3-4-5-10(2)13(17)7-6-11-12(9-16)15(19)8-14(11)18/h9-12,14-15,18-19H,3-8H2,1-2H3. The van der Waals surface area contributed by atoms with Crippen molar-refractivity contribution < 1.29 is 19.8 Å². The summed E-state index contributed by atoms with van der Waals surface area (Å²) < 4.78 is 0. The summed E-state index contributed by atoms with van der Waals surface area (Å²) >= 11 is 0. The highest BCUT2D eigenvalue weighted by molar-refractivity contribution is 5.80. The van der Waals surface area contributed by atoms with Crippen molar-refractivity contribution in [2.24, 2.45) is 17.8 Å². The molecule has 4 heteroatoms. The van der Waals surface area contributed by atoms with Crippen molar-refractivity contribution in [3.05, 3.63) is 0 Å². The van der Waals surface area contributed by atoms with E-state index in [4.69, 9.17) is 0 Å². The quantitative estimate of drug-likeness (QED) is 0.659. The first kappa shape index (κ1) is 16.3. The van der Waals surface area contributed by atoms with Gasteiger partial charge in [0.15, 0.2) is 0 Å². The summed E-state index contributed by atoms with van der Waals surface area (Å²) in [5, 5.41) is 19.5. The number of hydrogen-bond acceptors (Lipinski definition) is 4. The van der Waals surface area contributed by atoms with Crippen molar-refractivity contribution in [2.75, 3.05) is 0 Å². The summed E-state index contributed by atoms with van der Waals surface area (Å²) in [7, 11) is 0. The lowest BCUT2D eigenvalue weighted by molar-refractivity contribution is -0.123. The summed E-state index contributed by atoms with van der Waals surface area (Å²) in [6.45, 7) is 4.04. The first-order valence-corrected chi connectivity index (χ1v) is 7.35. The Labute approximate surface area is 115 Å². The zero-order valence-corrected chi connectivity index (χ0v) is 11.9. The fraction of sp³-hybridized carbons (Fsp3) is 0.867. The van der Waals surface area contributed by atoms with E-state index in [-0.39, 0.29) is 24.0 Å². The van der Waals surface area contributed by atoms with Crippen LogP contribution in [0.2, 0.25) is 0 Å². The van der Waals surface area contributed by atoms with E-state index in [0.717, 1.165) is 25.5 Å². The Morgan fingerprint density at radius 1 is 1.37 bits per heavy atom. The molecule has 2 N–H and O–H groups in total. The average Bonchev–Trinajstić information content (AvgIpc) is 2.66. The van der Waals surface area contributed by atoms with Gasteiger partial charge < -0.3 is 15.0 Å². The van der Waals surface area contributed by atoms with Crippen molar-refractivity contribution in [1.82, 2.24) is 0 Å². The first-order chi connectivity index (χ1) is 9.01. The molecule has 0 saturated heterocycles. The number of Topliss-reactive ketones (excluding diaryl/α,β-unsaturated/α-hetero) is 1. The topological polar surface area (TPSA) is 74.6 Å². The monoisotopic (exact) mass is 270 g/mol. The zero-order chi connectivity index (χ0) is 14.4. The van der Waals surface area contributed by atoms with Gasteiger partial charge >= 0.3 is 0 Å². The van der Waals surface area contributed by atoms with Crippen LogP contribution in [0.15, 0.2) is 0 Å². The summed E-state index contributed by atoms with van der Waals surface area (Å²) in [5.74, 6) is -0.534. The molecule has 1 aliphatic carbocycles. The number of aliphatic hydroxyl groups excluding tert-OH is 2. The van der Waals surface area contributed by atoms with Crippen LogP contribution in [-0.2, 0) is 9.59 Å². The molecule has 5 unspecified atom stereocenters. The Balaban J connectivity index is 2.42. The molecule has 0 bridgehead atoms. The molecule has 0 aromatic carbocycles. The van der Waals surface area contributed by atoms with Crippen molar-refractivity contribution in [3.8, 4) is 0 Å². The third-order valence-electron chi connectivity index (χ3n) is 4.34. The summed E-state index contributed by atoms with van der Waals surface area (Å²) in [5.41, 5.74) is 0. The van der Waals surface area contributed by atoms with Crippen LogP contribution in [0.1, 0.15) is 52.4 Å². The van der Waals surface area contributed by atoms with Gasteiger partial charge in [-0.25, -0.2) is 0 Å². The minimum absolute atomic E-state index is 0.0538. The molecule has 4 nitrogen and oxygen atoms in total. The van der Waals surface area contributed by atoms with E-state index >= 15 is 0 Å². The molecular formula is C15H26O4. The van der Waals surface area contributed by atoms with Gasteiger partial charge in [0, 0.05) is 24.7 Å². The molecule has 0 aromatic rings. The van der Waals surface area contributed by atoms with Gasteiger partial charge in [0.25, 0.3) is 0 Å². The molecule has 1 rings (SSSR count). The fourth-order valence-corrected chi connectivity index (χ4v) is 2.92. The van der Waals surface area contributed by atoms with Crippen LogP contribution in [-0.4, -0.2) is 34.5 Å². The number of aldehydes is 1. The van der Waals surface area contributed by atoms with Crippen molar-refractivity contribution in [2.45, 2.75) is 64.6 Å². The van der Waals surface area contributed by atoms with Crippen LogP contribution >= 0.6 is 0 Å². The van der Waals surface area contributed by atoms with E-state index in [1.807, 2.05) is 6.92 Å².